The van der Waals surface area contributed by atoms with E-state index in [1.807, 2.05) is 6.07 Å². The SMILES string of the molecule is CC(NCCN(C(C)C)C(C)C)c1ccc(F)cc1Br. The number of nitrogens with zero attached hydrogens (tertiary/aromatic N) is 1. The molecule has 20 heavy (non-hydrogen) atoms. The molecule has 0 amide bonds. The first-order valence-corrected chi connectivity index (χ1v) is 8.06. The van der Waals surface area contributed by atoms with Crippen molar-refractivity contribution in [2.24, 2.45) is 0 Å². The van der Waals surface area contributed by atoms with E-state index in [1.165, 1.54) is 12.1 Å². The minimum absolute atomic E-state index is 0.200. The molecule has 114 valence electrons. The van der Waals surface area contributed by atoms with Crippen molar-refractivity contribution in [3.05, 3.63) is 34.1 Å². The van der Waals surface area contributed by atoms with Gasteiger partial charge in [0.25, 0.3) is 0 Å². The number of benzene rings is 1. The molecule has 0 heterocycles. The van der Waals surface area contributed by atoms with E-state index in [0.29, 0.717) is 12.1 Å². The first-order valence-electron chi connectivity index (χ1n) is 7.27. The van der Waals surface area contributed by atoms with Gasteiger partial charge in [-0.3, -0.25) is 4.90 Å². The van der Waals surface area contributed by atoms with Crippen LogP contribution in [0.2, 0.25) is 0 Å². The average molecular weight is 345 g/mol. The molecule has 0 aromatic heterocycles. The van der Waals surface area contributed by atoms with Gasteiger partial charge in [-0.1, -0.05) is 22.0 Å². The second kappa shape index (κ2) is 8.11. The fourth-order valence-electron chi connectivity index (χ4n) is 2.49. The highest BCUT2D eigenvalue weighted by molar-refractivity contribution is 9.10. The second-order valence-corrected chi connectivity index (χ2v) is 6.62. The molecule has 1 unspecified atom stereocenters. The topological polar surface area (TPSA) is 15.3 Å². The van der Waals surface area contributed by atoms with Gasteiger partial charge in [0.15, 0.2) is 0 Å². The number of nitrogens with one attached hydrogen (secondary N) is 1. The van der Waals surface area contributed by atoms with Gasteiger partial charge in [0, 0.05) is 35.7 Å². The summed E-state index contributed by atoms with van der Waals surface area (Å²) in [6.07, 6.45) is 0. The molecule has 0 saturated heterocycles. The van der Waals surface area contributed by atoms with Gasteiger partial charge in [-0.15, -0.1) is 0 Å². The zero-order chi connectivity index (χ0) is 15.3. The molecule has 0 aliphatic carbocycles. The van der Waals surface area contributed by atoms with E-state index in [4.69, 9.17) is 0 Å². The van der Waals surface area contributed by atoms with E-state index in [-0.39, 0.29) is 11.9 Å². The highest BCUT2D eigenvalue weighted by atomic mass is 79.9. The molecule has 2 nitrogen and oxygen atoms in total. The zero-order valence-corrected chi connectivity index (χ0v) is 14.7. The average Bonchev–Trinajstić information content (AvgIpc) is 2.33. The van der Waals surface area contributed by atoms with Crippen molar-refractivity contribution in [3.8, 4) is 0 Å². The largest absolute Gasteiger partial charge is 0.309 e. The maximum Gasteiger partial charge on any atom is 0.124 e. The Kier molecular flexibility index (Phi) is 7.13. The number of rotatable bonds is 7. The lowest BCUT2D eigenvalue weighted by Crippen LogP contribution is -2.41. The smallest absolute Gasteiger partial charge is 0.124 e. The third kappa shape index (κ3) is 5.15. The Balaban J connectivity index is 2.53. The van der Waals surface area contributed by atoms with Gasteiger partial charge in [-0.05, 0) is 52.3 Å². The Morgan fingerprint density at radius 3 is 2.25 bits per heavy atom. The lowest BCUT2D eigenvalue weighted by atomic mass is 10.1. The van der Waals surface area contributed by atoms with Crippen LogP contribution in [0.5, 0.6) is 0 Å². The third-order valence-electron chi connectivity index (χ3n) is 3.58. The van der Waals surface area contributed by atoms with Crippen LogP contribution in [-0.4, -0.2) is 30.1 Å². The standard InChI is InChI=1S/C16H26BrFN2/c1-11(2)20(12(3)4)9-8-19-13(5)15-7-6-14(18)10-16(15)17/h6-7,10-13,19H,8-9H2,1-5H3. The van der Waals surface area contributed by atoms with Gasteiger partial charge >= 0.3 is 0 Å². The van der Waals surface area contributed by atoms with Crippen molar-refractivity contribution >= 4 is 15.9 Å². The first-order chi connectivity index (χ1) is 9.32. The Morgan fingerprint density at radius 2 is 1.75 bits per heavy atom. The highest BCUT2D eigenvalue weighted by Gasteiger charge is 2.14. The Hall–Kier alpha value is -0.450. The quantitative estimate of drug-likeness (QED) is 0.790. The monoisotopic (exact) mass is 344 g/mol. The van der Waals surface area contributed by atoms with Crippen molar-refractivity contribution in [1.82, 2.24) is 10.2 Å². The molecule has 1 atom stereocenters. The molecule has 0 aliphatic heterocycles. The summed E-state index contributed by atoms with van der Waals surface area (Å²) in [5.74, 6) is -0.210. The summed E-state index contributed by atoms with van der Waals surface area (Å²) in [5.41, 5.74) is 1.09. The first kappa shape index (κ1) is 17.6. The predicted molar refractivity (Wildman–Crippen MR) is 87.5 cm³/mol. The summed E-state index contributed by atoms with van der Waals surface area (Å²) < 4.78 is 13.9. The summed E-state index contributed by atoms with van der Waals surface area (Å²) in [4.78, 5) is 2.46. The molecule has 0 fully saturated rings. The minimum Gasteiger partial charge on any atom is -0.309 e. The third-order valence-corrected chi connectivity index (χ3v) is 4.26. The van der Waals surface area contributed by atoms with Crippen LogP contribution >= 0.6 is 15.9 Å². The normalized spacial score (nSPS) is 13.5. The summed E-state index contributed by atoms with van der Waals surface area (Å²) in [7, 11) is 0. The van der Waals surface area contributed by atoms with Gasteiger partial charge < -0.3 is 5.32 Å². The molecule has 0 saturated carbocycles. The molecule has 4 heteroatoms. The molecule has 1 aromatic carbocycles. The molecule has 1 aromatic rings. The van der Waals surface area contributed by atoms with Gasteiger partial charge in [0.1, 0.15) is 5.82 Å². The van der Waals surface area contributed by atoms with Crippen LogP contribution in [0.1, 0.15) is 46.2 Å². The van der Waals surface area contributed by atoms with Gasteiger partial charge in [-0.2, -0.15) is 0 Å². The van der Waals surface area contributed by atoms with Crippen LogP contribution in [-0.2, 0) is 0 Å². The van der Waals surface area contributed by atoms with Crippen LogP contribution < -0.4 is 5.32 Å². The second-order valence-electron chi connectivity index (χ2n) is 5.77. The molecular weight excluding hydrogens is 319 g/mol. The zero-order valence-electron chi connectivity index (χ0n) is 13.1. The predicted octanol–water partition coefficient (Wildman–Crippen LogP) is 4.36. The highest BCUT2D eigenvalue weighted by Crippen LogP contribution is 2.24. The van der Waals surface area contributed by atoms with E-state index in [9.17, 15) is 4.39 Å². The van der Waals surface area contributed by atoms with E-state index >= 15 is 0 Å². The minimum atomic E-state index is -0.210. The lowest BCUT2D eigenvalue weighted by molar-refractivity contribution is 0.174. The number of hydrogen-bond donors (Lipinski definition) is 1. The molecule has 0 bridgehead atoms. The van der Waals surface area contributed by atoms with E-state index in [0.717, 1.165) is 23.1 Å². The fourth-order valence-corrected chi connectivity index (χ4v) is 3.18. The molecule has 1 rings (SSSR count). The van der Waals surface area contributed by atoms with Crippen LogP contribution in [0.3, 0.4) is 0 Å². The van der Waals surface area contributed by atoms with E-state index < -0.39 is 0 Å². The number of hydrogen-bond acceptors (Lipinski definition) is 2. The summed E-state index contributed by atoms with van der Waals surface area (Å²) in [6.45, 7) is 12.9. The molecule has 1 N–H and O–H groups in total. The summed E-state index contributed by atoms with van der Waals surface area (Å²) in [6, 6.07) is 6.15. The van der Waals surface area contributed by atoms with Crippen LogP contribution in [0.25, 0.3) is 0 Å². The summed E-state index contributed by atoms with van der Waals surface area (Å²) in [5, 5.41) is 3.51. The molecule has 0 spiro atoms. The van der Waals surface area contributed by atoms with Crippen molar-refractivity contribution in [1.29, 1.82) is 0 Å². The lowest BCUT2D eigenvalue weighted by Gasteiger charge is -2.31. The van der Waals surface area contributed by atoms with Gasteiger partial charge in [-0.25, -0.2) is 4.39 Å². The van der Waals surface area contributed by atoms with Gasteiger partial charge in [0.05, 0.1) is 0 Å². The van der Waals surface area contributed by atoms with E-state index in [2.05, 4.69) is 60.8 Å². The van der Waals surface area contributed by atoms with Gasteiger partial charge in [0.2, 0.25) is 0 Å². The molecular formula is C16H26BrFN2. The van der Waals surface area contributed by atoms with Crippen molar-refractivity contribution in [3.63, 3.8) is 0 Å². The van der Waals surface area contributed by atoms with Crippen molar-refractivity contribution < 1.29 is 4.39 Å². The maximum absolute atomic E-state index is 13.1. The van der Waals surface area contributed by atoms with Crippen molar-refractivity contribution in [2.45, 2.75) is 52.7 Å². The van der Waals surface area contributed by atoms with Crippen LogP contribution in [0, 0.1) is 5.82 Å². The fraction of sp³-hybridized carbons (Fsp3) is 0.625. The number of halogens is 2. The Labute approximate surface area is 130 Å². The Bertz CT molecular complexity index is 413. The molecule has 0 radical (unpaired) electrons. The molecule has 0 aliphatic rings. The van der Waals surface area contributed by atoms with E-state index in [1.54, 1.807) is 0 Å². The Morgan fingerprint density at radius 1 is 1.15 bits per heavy atom. The maximum atomic E-state index is 13.1. The van der Waals surface area contributed by atoms with Crippen LogP contribution in [0.15, 0.2) is 22.7 Å². The van der Waals surface area contributed by atoms with Crippen molar-refractivity contribution in [2.75, 3.05) is 13.1 Å². The summed E-state index contributed by atoms with van der Waals surface area (Å²) >= 11 is 3.42. The van der Waals surface area contributed by atoms with Crippen LogP contribution in [0.4, 0.5) is 4.39 Å².